The summed E-state index contributed by atoms with van der Waals surface area (Å²) in [5.74, 6) is 1.25. The summed E-state index contributed by atoms with van der Waals surface area (Å²) in [6.45, 7) is 0. The minimum atomic E-state index is 0.560. The van der Waals surface area contributed by atoms with Crippen LogP contribution in [0.5, 0.6) is 0 Å². The van der Waals surface area contributed by atoms with Crippen molar-refractivity contribution >= 4 is 17.4 Å². The molecule has 1 aromatic carbocycles. The Morgan fingerprint density at radius 3 is 2.71 bits per heavy atom. The number of aromatic nitrogens is 2. The first-order chi connectivity index (χ1) is 8.18. The molecule has 2 aromatic rings. The molecule has 0 atom stereocenters. The number of aryl methyl sites for hydroxylation is 1. The molecule has 0 spiro atoms. The fourth-order valence-electron chi connectivity index (χ4n) is 2.14. The highest BCUT2D eigenvalue weighted by molar-refractivity contribution is 6.33. The van der Waals surface area contributed by atoms with Crippen LogP contribution in [0, 0.1) is 0 Å². The van der Waals surface area contributed by atoms with Crippen molar-refractivity contribution in [1.82, 2.24) is 9.78 Å². The molecule has 1 fully saturated rings. The average Bonchev–Trinajstić information content (AvgIpc) is 3.10. The zero-order valence-corrected chi connectivity index (χ0v) is 10.4. The van der Waals surface area contributed by atoms with E-state index in [0.29, 0.717) is 11.7 Å². The van der Waals surface area contributed by atoms with Gasteiger partial charge in [0, 0.05) is 29.1 Å². The lowest BCUT2D eigenvalue weighted by Crippen LogP contribution is -1.98. The lowest BCUT2D eigenvalue weighted by molar-refractivity contribution is 0.753. The van der Waals surface area contributed by atoms with Crippen LogP contribution in [0.4, 0.5) is 5.82 Å². The number of halogens is 1. The number of nitrogens with zero attached hydrogens (tertiary/aromatic N) is 2. The van der Waals surface area contributed by atoms with Crippen LogP contribution in [0.15, 0.2) is 24.3 Å². The lowest BCUT2D eigenvalue weighted by atomic mass is 10.0. The number of anilines is 1. The first-order valence-corrected chi connectivity index (χ1v) is 6.13. The van der Waals surface area contributed by atoms with Gasteiger partial charge in [0.05, 0.1) is 5.69 Å². The van der Waals surface area contributed by atoms with Gasteiger partial charge in [-0.2, -0.15) is 5.10 Å². The van der Waals surface area contributed by atoms with Gasteiger partial charge in [-0.05, 0) is 18.9 Å². The Morgan fingerprint density at radius 2 is 2.06 bits per heavy atom. The Hall–Kier alpha value is -1.48. The monoisotopic (exact) mass is 247 g/mol. The summed E-state index contributed by atoms with van der Waals surface area (Å²) >= 11 is 6.24. The lowest BCUT2D eigenvalue weighted by Gasteiger charge is -2.05. The van der Waals surface area contributed by atoms with Gasteiger partial charge in [-0.15, -0.1) is 0 Å². The molecule has 88 valence electrons. The summed E-state index contributed by atoms with van der Waals surface area (Å²) < 4.78 is 1.74. The van der Waals surface area contributed by atoms with Gasteiger partial charge >= 0.3 is 0 Å². The molecule has 2 N–H and O–H groups in total. The van der Waals surface area contributed by atoms with Crippen molar-refractivity contribution in [2.24, 2.45) is 7.05 Å². The number of benzene rings is 1. The quantitative estimate of drug-likeness (QED) is 0.886. The maximum absolute atomic E-state index is 6.24. The van der Waals surface area contributed by atoms with Crippen molar-refractivity contribution in [2.75, 3.05) is 5.73 Å². The second kappa shape index (κ2) is 3.77. The van der Waals surface area contributed by atoms with Crippen molar-refractivity contribution in [3.05, 3.63) is 35.0 Å². The molecule has 0 unspecified atom stereocenters. The van der Waals surface area contributed by atoms with Gasteiger partial charge in [0.2, 0.25) is 0 Å². The first-order valence-electron chi connectivity index (χ1n) is 5.75. The van der Waals surface area contributed by atoms with Gasteiger partial charge in [-0.25, -0.2) is 0 Å². The second-order valence-corrected chi connectivity index (χ2v) is 4.93. The number of nitrogens with two attached hydrogens (primary N) is 1. The fraction of sp³-hybridized carbons (Fsp3) is 0.308. The van der Waals surface area contributed by atoms with E-state index in [4.69, 9.17) is 17.3 Å². The zero-order chi connectivity index (χ0) is 12.0. The number of nitrogen functional groups attached to an aromatic ring is 1. The largest absolute Gasteiger partial charge is 0.383 e. The van der Waals surface area contributed by atoms with Gasteiger partial charge < -0.3 is 5.73 Å². The summed E-state index contributed by atoms with van der Waals surface area (Å²) in [7, 11) is 1.88. The van der Waals surface area contributed by atoms with E-state index in [-0.39, 0.29) is 0 Å². The molecule has 0 radical (unpaired) electrons. The number of hydrogen-bond donors (Lipinski definition) is 1. The molecule has 4 heteroatoms. The highest BCUT2D eigenvalue weighted by atomic mass is 35.5. The Morgan fingerprint density at radius 1 is 1.35 bits per heavy atom. The van der Waals surface area contributed by atoms with Crippen LogP contribution in [0.2, 0.25) is 5.02 Å². The van der Waals surface area contributed by atoms with Crippen LogP contribution < -0.4 is 5.73 Å². The SMILES string of the molecule is Cn1nc(C2CC2)c(-c2ccccc2Cl)c1N. The standard InChI is InChI=1S/C13H14ClN3/c1-17-13(15)11(12(16-17)8-6-7-8)9-4-2-3-5-10(9)14/h2-5,8H,6-7,15H2,1H3. The Labute approximate surface area is 105 Å². The number of hydrogen-bond acceptors (Lipinski definition) is 2. The maximum Gasteiger partial charge on any atom is 0.129 e. The van der Waals surface area contributed by atoms with Crippen LogP contribution >= 0.6 is 11.6 Å². The van der Waals surface area contributed by atoms with E-state index in [0.717, 1.165) is 21.8 Å². The topological polar surface area (TPSA) is 43.8 Å². The van der Waals surface area contributed by atoms with E-state index in [1.807, 2.05) is 31.3 Å². The Kier molecular flexibility index (Phi) is 2.37. The first kappa shape index (κ1) is 10.7. The van der Waals surface area contributed by atoms with Gasteiger partial charge in [0.25, 0.3) is 0 Å². The molecule has 1 saturated carbocycles. The van der Waals surface area contributed by atoms with E-state index < -0.39 is 0 Å². The molecule has 1 heterocycles. The maximum atomic E-state index is 6.24. The minimum absolute atomic E-state index is 0.560. The van der Waals surface area contributed by atoms with Crippen molar-refractivity contribution in [3.63, 3.8) is 0 Å². The smallest absolute Gasteiger partial charge is 0.129 e. The van der Waals surface area contributed by atoms with Crippen LogP contribution in [0.3, 0.4) is 0 Å². The molecular formula is C13H14ClN3. The molecule has 0 bridgehead atoms. The normalized spacial score (nSPS) is 15.2. The highest BCUT2D eigenvalue weighted by Crippen LogP contribution is 2.46. The third-order valence-electron chi connectivity index (χ3n) is 3.23. The summed E-state index contributed by atoms with van der Waals surface area (Å²) in [5.41, 5.74) is 9.21. The van der Waals surface area contributed by atoms with Crippen molar-refractivity contribution in [2.45, 2.75) is 18.8 Å². The second-order valence-electron chi connectivity index (χ2n) is 4.52. The van der Waals surface area contributed by atoms with Crippen LogP contribution in [-0.4, -0.2) is 9.78 Å². The molecule has 3 nitrogen and oxygen atoms in total. The molecule has 0 amide bonds. The van der Waals surface area contributed by atoms with Crippen molar-refractivity contribution in [3.8, 4) is 11.1 Å². The summed E-state index contributed by atoms with van der Waals surface area (Å²) in [5, 5.41) is 5.25. The molecule has 1 aliphatic carbocycles. The van der Waals surface area contributed by atoms with E-state index in [9.17, 15) is 0 Å². The van der Waals surface area contributed by atoms with Gasteiger partial charge in [0.15, 0.2) is 0 Å². The molecule has 1 aliphatic rings. The van der Waals surface area contributed by atoms with Gasteiger partial charge in [-0.1, -0.05) is 29.8 Å². The van der Waals surface area contributed by atoms with E-state index in [1.165, 1.54) is 12.8 Å². The van der Waals surface area contributed by atoms with Gasteiger partial charge in [0.1, 0.15) is 5.82 Å². The van der Waals surface area contributed by atoms with Crippen LogP contribution in [-0.2, 0) is 7.05 Å². The van der Waals surface area contributed by atoms with Crippen molar-refractivity contribution in [1.29, 1.82) is 0 Å². The molecule has 0 saturated heterocycles. The van der Waals surface area contributed by atoms with Crippen LogP contribution in [0.25, 0.3) is 11.1 Å². The molecular weight excluding hydrogens is 234 g/mol. The third-order valence-corrected chi connectivity index (χ3v) is 3.56. The van der Waals surface area contributed by atoms with E-state index in [2.05, 4.69) is 5.10 Å². The molecule has 17 heavy (non-hydrogen) atoms. The number of rotatable bonds is 2. The predicted molar refractivity (Wildman–Crippen MR) is 70.0 cm³/mol. The average molecular weight is 248 g/mol. The highest BCUT2D eigenvalue weighted by Gasteiger charge is 2.31. The van der Waals surface area contributed by atoms with Crippen molar-refractivity contribution < 1.29 is 0 Å². The minimum Gasteiger partial charge on any atom is -0.383 e. The molecule has 1 aromatic heterocycles. The fourth-order valence-corrected chi connectivity index (χ4v) is 2.37. The van der Waals surface area contributed by atoms with E-state index in [1.54, 1.807) is 4.68 Å². The molecule has 3 rings (SSSR count). The third kappa shape index (κ3) is 1.71. The van der Waals surface area contributed by atoms with E-state index >= 15 is 0 Å². The Bertz CT molecular complexity index is 570. The predicted octanol–water partition coefficient (Wildman–Crippen LogP) is 3.20. The molecule has 0 aliphatic heterocycles. The Balaban J connectivity index is 2.22. The van der Waals surface area contributed by atoms with Gasteiger partial charge in [-0.3, -0.25) is 4.68 Å². The summed E-state index contributed by atoms with van der Waals surface area (Å²) in [6.07, 6.45) is 2.40. The summed E-state index contributed by atoms with van der Waals surface area (Å²) in [4.78, 5) is 0. The summed E-state index contributed by atoms with van der Waals surface area (Å²) in [6, 6.07) is 7.79. The van der Waals surface area contributed by atoms with Crippen LogP contribution in [0.1, 0.15) is 24.5 Å². The zero-order valence-electron chi connectivity index (χ0n) is 9.65.